The molecule has 0 atom stereocenters. The average molecular weight is 387 g/mol. The van der Waals surface area contributed by atoms with E-state index in [4.69, 9.17) is 15.3 Å². The number of nitrogens with zero attached hydrogens (tertiary/aromatic N) is 3. The van der Waals surface area contributed by atoms with Crippen LogP contribution in [-0.2, 0) is 13.2 Å². The predicted octanol–water partition coefficient (Wildman–Crippen LogP) is 2.54. The van der Waals surface area contributed by atoms with Crippen molar-refractivity contribution in [2.24, 2.45) is 0 Å². The van der Waals surface area contributed by atoms with Crippen molar-refractivity contribution in [2.45, 2.75) is 20.1 Å². The average Bonchev–Trinajstić information content (AvgIpc) is 3.04. The third kappa shape index (κ3) is 4.20. The van der Waals surface area contributed by atoms with Gasteiger partial charge in [-0.2, -0.15) is 10.5 Å². The summed E-state index contributed by atoms with van der Waals surface area (Å²) < 4.78 is 8.10. The summed E-state index contributed by atoms with van der Waals surface area (Å²) in [6.45, 7) is 2.70. The van der Waals surface area contributed by atoms with Crippen molar-refractivity contribution >= 4 is 23.0 Å². The van der Waals surface area contributed by atoms with Crippen molar-refractivity contribution in [2.75, 3.05) is 0 Å². The topological polar surface area (TPSA) is 78.8 Å². The molecule has 28 heavy (non-hydrogen) atoms. The zero-order chi connectivity index (χ0) is 19.9. The number of ether oxygens (including phenoxy) is 1. The summed E-state index contributed by atoms with van der Waals surface area (Å²) in [5.74, 6) is 0.739. The molecule has 0 fully saturated rings. The second kappa shape index (κ2) is 8.85. The first kappa shape index (κ1) is 19.2. The number of aromatic nitrogens is 1. The van der Waals surface area contributed by atoms with Crippen molar-refractivity contribution in [1.82, 2.24) is 4.57 Å². The number of hydrogen-bond acceptors (Lipinski definition) is 5. The van der Waals surface area contributed by atoms with E-state index in [0.29, 0.717) is 22.3 Å². The molecule has 0 unspecified atom stereocenters. The van der Waals surface area contributed by atoms with Crippen LogP contribution in [0.2, 0.25) is 0 Å². The van der Waals surface area contributed by atoms with Gasteiger partial charge in [-0.15, -0.1) is 11.3 Å². The Morgan fingerprint density at radius 1 is 1.11 bits per heavy atom. The Morgan fingerprint density at radius 2 is 1.79 bits per heavy atom. The van der Waals surface area contributed by atoms with E-state index in [1.807, 2.05) is 73.7 Å². The summed E-state index contributed by atoms with van der Waals surface area (Å²) in [5, 5.41) is 18.2. The van der Waals surface area contributed by atoms with Gasteiger partial charge in [0.15, 0.2) is 5.57 Å². The van der Waals surface area contributed by atoms with E-state index in [0.717, 1.165) is 28.2 Å². The summed E-state index contributed by atoms with van der Waals surface area (Å²) in [6, 6.07) is 21.1. The minimum Gasteiger partial charge on any atom is -0.489 e. The van der Waals surface area contributed by atoms with E-state index >= 15 is 0 Å². The molecular weight excluding hydrogens is 370 g/mol. The quantitative estimate of drug-likeness (QED) is 0.674. The molecule has 0 radical (unpaired) electrons. The first-order valence-corrected chi connectivity index (χ1v) is 9.50. The van der Waals surface area contributed by atoms with Crippen LogP contribution in [0.5, 0.6) is 5.75 Å². The number of rotatable bonds is 5. The van der Waals surface area contributed by atoms with E-state index in [2.05, 4.69) is 0 Å². The summed E-state index contributed by atoms with van der Waals surface area (Å²) >= 11 is 1.16. The highest BCUT2D eigenvalue weighted by molar-refractivity contribution is 7.07. The first-order chi connectivity index (χ1) is 13.7. The molecule has 0 aliphatic rings. The number of benzene rings is 2. The van der Waals surface area contributed by atoms with Gasteiger partial charge >= 0.3 is 0 Å². The van der Waals surface area contributed by atoms with E-state index in [9.17, 15) is 4.79 Å². The van der Waals surface area contributed by atoms with Crippen LogP contribution in [0.3, 0.4) is 0 Å². The molecule has 3 rings (SSSR count). The zero-order valence-electron chi connectivity index (χ0n) is 15.3. The van der Waals surface area contributed by atoms with Crippen molar-refractivity contribution in [3.63, 3.8) is 0 Å². The molecule has 5 nitrogen and oxygen atoms in total. The molecular formula is C22H17N3O2S. The molecule has 0 aliphatic carbocycles. The molecule has 1 heterocycles. The maximum atomic E-state index is 12.6. The summed E-state index contributed by atoms with van der Waals surface area (Å²) in [7, 11) is 0. The van der Waals surface area contributed by atoms with Gasteiger partial charge in [0.1, 0.15) is 29.2 Å². The third-order valence-electron chi connectivity index (χ3n) is 4.09. The van der Waals surface area contributed by atoms with Crippen LogP contribution in [0.15, 0.2) is 59.4 Å². The molecule has 1 aromatic heterocycles. The Bertz CT molecular complexity index is 1210. The lowest BCUT2D eigenvalue weighted by atomic mass is 10.2. The molecule has 0 spiro atoms. The monoisotopic (exact) mass is 387 g/mol. The maximum Gasteiger partial charge on any atom is 0.269 e. The lowest BCUT2D eigenvalue weighted by molar-refractivity contribution is 0.306. The van der Waals surface area contributed by atoms with E-state index in [-0.39, 0.29) is 11.1 Å². The third-order valence-corrected chi connectivity index (χ3v) is 5.22. The van der Waals surface area contributed by atoms with Gasteiger partial charge in [0.2, 0.25) is 0 Å². The van der Waals surface area contributed by atoms with Gasteiger partial charge in [0.05, 0.1) is 4.53 Å². The Kier molecular flexibility index (Phi) is 6.06. The molecule has 0 saturated carbocycles. The van der Waals surface area contributed by atoms with E-state index < -0.39 is 0 Å². The van der Waals surface area contributed by atoms with Gasteiger partial charge in [0.25, 0.3) is 5.56 Å². The maximum absolute atomic E-state index is 12.6. The molecule has 0 amide bonds. The van der Waals surface area contributed by atoms with E-state index in [1.54, 1.807) is 6.08 Å². The van der Waals surface area contributed by atoms with Crippen LogP contribution in [0.1, 0.15) is 18.1 Å². The smallest absolute Gasteiger partial charge is 0.269 e. The number of nitriles is 2. The standard InChI is InChI=1S/C22H17N3O2S/c1-2-25-21(26)20(28-22(25)18(13-23)14-24)12-16-8-10-19(11-9-16)27-15-17-6-4-3-5-7-17/h3-12H,2,15H2,1H3/b20-12+. The molecule has 6 heteroatoms. The number of thiazole rings is 1. The molecule has 2 aromatic carbocycles. The van der Waals surface area contributed by atoms with Gasteiger partial charge in [0, 0.05) is 6.54 Å². The van der Waals surface area contributed by atoms with Crippen LogP contribution in [0.25, 0.3) is 11.6 Å². The molecule has 138 valence electrons. The van der Waals surface area contributed by atoms with Gasteiger partial charge in [-0.1, -0.05) is 42.5 Å². The van der Waals surface area contributed by atoms with Crippen molar-refractivity contribution in [3.05, 3.63) is 85.3 Å². The van der Waals surface area contributed by atoms with Crippen LogP contribution in [0.4, 0.5) is 0 Å². The van der Waals surface area contributed by atoms with Gasteiger partial charge in [-0.3, -0.25) is 9.36 Å². The lowest BCUT2D eigenvalue weighted by Gasteiger charge is -2.06. The fourth-order valence-corrected chi connectivity index (χ4v) is 3.78. The van der Waals surface area contributed by atoms with Gasteiger partial charge < -0.3 is 4.74 Å². The highest BCUT2D eigenvalue weighted by atomic mass is 32.1. The Balaban J connectivity index is 1.89. The Morgan fingerprint density at radius 3 is 2.39 bits per heavy atom. The molecule has 0 aliphatic heterocycles. The van der Waals surface area contributed by atoms with E-state index in [1.165, 1.54) is 4.57 Å². The molecule has 0 N–H and O–H groups in total. The fraction of sp³-hybridized carbons (Fsp3) is 0.136. The first-order valence-electron chi connectivity index (χ1n) is 8.69. The second-order valence-corrected chi connectivity index (χ2v) is 6.94. The second-order valence-electron chi connectivity index (χ2n) is 5.91. The highest BCUT2D eigenvalue weighted by Gasteiger charge is 2.07. The summed E-state index contributed by atoms with van der Waals surface area (Å²) in [5.41, 5.74) is 1.69. The normalized spacial score (nSPS) is 10.9. The number of hydrogen-bond donors (Lipinski definition) is 0. The van der Waals surface area contributed by atoms with Crippen LogP contribution in [0, 0.1) is 22.7 Å². The Hall–Kier alpha value is -3.61. The SMILES string of the molecule is CCn1c(=C(C#N)C#N)s/c(=C/c2ccc(OCc3ccccc3)cc2)c1=O. The molecule has 0 bridgehead atoms. The van der Waals surface area contributed by atoms with Crippen molar-refractivity contribution in [3.8, 4) is 17.9 Å². The van der Waals surface area contributed by atoms with Gasteiger partial charge in [-0.05, 0) is 36.3 Å². The van der Waals surface area contributed by atoms with Crippen LogP contribution < -0.4 is 19.5 Å². The van der Waals surface area contributed by atoms with Gasteiger partial charge in [-0.25, -0.2) is 0 Å². The van der Waals surface area contributed by atoms with Crippen molar-refractivity contribution in [1.29, 1.82) is 10.5 Å². The molecule has 3 aromatic rings. The lowest BCUT2D eigenvalue weighted by Crippen LogP contribution is -2.31. The highest BCUT2D eigenvalue weighted by Crippen LogP contribution is 2.14. The van der Waals surface area contributed by atoms with Crippen LogP contribution in [-0.4, -0.2) is 4.57 Å². The zero-order valence-corrected chi connectivity index (χ0v) is 16.1. The Labute approximate surface area is 166 Å². The van der Waals surface area contributed by atoms with Crippen molar-refractivity contribution < 1.29 is 4.74 Å². The summed E-state index contributed by atoms with van der Waals surface area (Å²) in [6.07, 6.45) is 1.76. The summed E-state index contributed by atoms with van der Waals surface area (Å²) in [4.78, 5) is 12.6. The fourth-order valence-electron chi connectivity index (χ4n) is 2.67. The van der Waals surface area contributed by atoms with Crippen LogP contribution >= 0.6 is 11.3 Å². The predicted molar refractivity (Wildman–Crippen MR) is 109 cm³/mol. The minimum absolute atomic E-state index is 0.0479. The molecule has 0 saturated heterocycles. The largest absolute Gasteiger partial charge is 0.489 e. The minimum atomic E-state index is -0.199.